The topological polar surface area (TPSA) is 77.2 Å². The number of aromatic nitrogens is 2. The Hall–Kier alpha value is -4.14. The van der Waals surface area contributed by atoms with Crippen LogP contribution in [0.2, 0.25) is 0 Å². The molecule has 2 aromatic carbocycles. The number of oxazole rings is 1. The van der Waals surface area contributed by atoms with Crippen molar-refractivity contribution in [2.75, 3.05) is 0 Å². The summed E-state index contributed by atoms with van der Waals surface area (Å²) in [6.07, 6.45) is 3.21. The van der Waals surface area contributed by atoms with Gasteiger partial charge in [-0.3, -0.25) is 4.79 Å². The lowest BCUT2D eigenvalue weighted by atomic mass is 10.2. The fourth-order valence-electron chi connectivity index (χ4n) is 2.98. The number of ether oxygens (including phenoxy) is 1. The summed E-state index contributed by atoms with van der Waals surface area (Å²) in [4.78, 5) is 20.3. The highest BCUT2D eigenvalue weighted by atomic mass is 19.1. The van der Waals surface area contributed by atoms with E-state index in [1.807, 2.05) is 0 Å². The fraction of sp³-hybridized carbons (Fsp3) is 0.125. The van der Waals surface area contributed by atoms with Crippen molar-refractivity contribution in [3.8, 4) is 23.0 Å². The summed E-state index contributed by atoms with van der Waals surface area (Å²) >= 11 is 0. The first-order chi connectivity index (χ1) is 16.0. The van der Waals surface area contributed by atoms with E-state index in [-0.39, 0.29) is 42.5 Å². The van der Waals surface area contributed by atoms with Crippen LogP contribution in [0.1, 0.15) is 17.9 Å². The molecule has 6 nitrogen and oxygen atoms in total. The Morgan fingerprint density at radius 2 is 1.82 bits per heavy atom. The molecule has 9 heteroatoms. The Morgan fingerprint density at radius 3 is 2.58 bits per heavy atom. The van der Waals surface area contributed by atoms with Crippen LogP contribution < -0.4 is 10.1 Å². The number of pyridine rings is 1. The molecular weight excluding hydrogens is 435 g/mol. The number of carbonyl (C=O) groups is 1. The van der Waals surface area contributed by atoms with E-state index in [0.717, 1.165) is 17.7 Å². The van der Waals surface area contributed by atoms with Crippen LogP contribution in [0, 0.1) is 17.5 Å². The van der Waals surface area contributed by atoms with Gasteiger partial charge in [-0.2, -0.15) is 0 Å². The maximum absolute atomic E-state index is 13.9. The van der Waals surface area contributed by atoms with Gasteiger partial charge in [0.15, 0.2) is 11.7 Å². The van der Waals surface area contributed by atoms with Crippen LogP contribution in [0.4, 0.5) is 13.2 Å². The van der Waals surface area contributed by atoms with E-state index in [1.165, 1.54) is 30.5 Å². The van der Waals surface area contributed by atoms with Gasteiger partial charge in [0.1, 0.15) is 23.2 Å². The Morgan fingerprint density at radius 1 is 0.970 bits per heavy atom. The molecule has 0 spiro atoms. The molecular formula is C24H18F3N3O3. The maximum atomic E-state index is 13.9. The van der Waals surface area contributed by atoms with E-state index in [9.17, 15) is 18.0 Å². The lowest BCUT2D eigenvalue weighted by molar-refractivity contribution is -0.121. The molecule has 0 saturated carbocycles. The third kappa shape index (κ3) is 5.97. The standard InChI is InChI=1S/C24H18F3N3O3/c25-16-2-1-3-18(10-16)32-23-8-4-15(13-29-23)12-28-22(31)7-9-24-30-14-21(33-24)19-6-5-17(26)11-20(19)27/h1-6,8,10-11,13-14H,7,9,12H2,(H,28,31). The minimum atomic E-state index is -0.753. The Balaban J connectivity index is 1.25. The predicted molar refractivity (Wildman–Crippen MR) is 113 cm³/mol. The third-order valence-corrected chi connectivity index (χ3v) is 4.62. The summed E-state index contributed by atoms with van der Waals surface area (Å²) in [7, 11) is 0. The first kappa shape index (κ1) is 22.1. The maximum Gasteiger partial charge on any atom is 0.220 e. The zero-order valence-electron chi connectivity index (χ0n) is 17.2. The molecule has 33 heavy (non-hydrogen) atoms. The molecule has 4 aromatic rings. The molecule has 0 bridgehead atoms. The summed E-state index contributed by atoms with van der Waals surface area (Å²) in [6, 6.07) is 12.2. The monoisotopic (exact) mass is 453 g/mol. The number of nitrogens with zero attached hydrogens (tertiary/aromatic N) is 2. The van der Waals surface area contributed by atoms with Gasteiger partial charge in [-0.15, -0.1) is 0 Å². The van der Waals surface area contributed by atoms with Gasteiger partial charge < -0.3 is 14.5 Å². The Bertz CT molecular complexity index is 1260. The lowest BCUT2D eigenvalue weighted by Gasteiger charge is -2.07. The van der Waals surface area contributed by atoms with Crippen LogP contribution in [0.15, 0.2) is 71.4 Å². The van der Waals surface area contributed by atoms with Crippen molar-refractivity contribution in [1.29, 1.82) is 0 Å². The van der Waals surface area contributed by atoms with Crippen LogP contribution >= 0.6 is 0 Å². The highest BCUT2D eigenvalue weighted by Crippen LogP contribution is 2.24. The predicted octanol–water partition coefficient (Wildman–Crippen LogP) is 5.20. The smallest absolute Gasteiger partial charge is 0.220 e. The SMILES string of the molecule is O=C(CCc1ncc(-c2ccc(F)cc2F)o1)NCc1ccc(Oc2cccc(F)c2)nc1. The summed E-state index contributed by atoms with van der Waals surface area (Å²) in [5.74, 6) is -1.02. The second-order valence-corrected chi connectivity index (χ2v) is 7.08. The minimum Gasteiger partial charge on any atom is -0.441 e. The normalized spacial score (nSPS) is 10.8. The number of nitrogens with one attached hydrogen (secondary N) is 1. The molecule has 0 aliphatic rings. The van der Waals surface area contributed by atoms with Gasteiger partial charge in [0.05, 0.1) is 11.8 Å². The number of benzene rings is 2. The van der Waals surface area contributed by atoms with Gasteiger partial charge in [0, 0.05) is 43.8 Å². The quantitative estimate of drug-likeness (QED) is 0.397. The molecule has 0 atom stereocenters. The molecule has 2 aromatic heterocycles. The van der Waals surface area contributed by atoms with Crippen LogP contribution in [0.5, 0.6) is 11.6 Å². The van der Waals surface area contributed by atoms with Gasteiger partial charge >= 0.3 is 0 Å². The average Bonchev–Trinajstić information content (AvgIpc) is 3.26. The zero-order chi connectivity index (χ0) is 23.2. The summed E-state index contributed by atoms with van der Waals surface area (Å²) in [5.41, 5.74) is 0.845. The number of aryl methyl sites for hydroxylation is 1. The van der Waals surface area contributed by atoms with E-state index in [1.54, 1.807) is 24.4 Å². The molecule has 1 amide bonds. The second-order valence-electron chi connectivity index (χ2n) is 7.08. The molecule has 4 rings (SSSR count). The molecule has 1 N–H and O–H groups in total. The molecule has 0 radical (unpaired) electrons. The summed E-state index contributed by atoms with van der Waals surface area (Å²) in [6.45, 7) is 0.254. The van der Waals surface area contributed by atoms with Crippen molar-refractivity contribution in [2.24, 2.45) is 0 Å². The number of hydrogen-bond acceptors (Lipinski definition) is 5. The zero-order valence-corrected chi connectivity index (χ0v) is 17.2. The van der Waals surface area contributed by atoms with Crippen molar-refractivity contribution in [1.82, 2.24) is 15.3 Å². The van der Waals surface area contributed by atoms with Crippen LogP contribution in [0.3, 0.4) is 0 Å². The molecule has 0 unspecified atom stereocenters. The highest BCUT2D eigenvalue weighted by molar-refractivity contribution is 5.76. The van der Waals surface area contributed by atoms with Crippen LogP contribution in [-0.2, 0) is 17.8 Å². The van der Waals surface area contributed by atoms with Crippen molar-refractivity contribution in [3.63, 3.8) is 0 Å². The van der Waals surface area contributed by atoms with Crippen molar-refractivity contribution in [3.05, 3.63) is 95.9 Å². The van der Waals surface area contributed by atoms with E-state index in [4.69, 9.17) is 9.15 Å². The van der Waals surface area contributed by atoms with Crippen LogP contribution in [0.25, 0.3) is 11.3 Å². The van der Waals surface area contributed by atoms with Gasteiger partial charge in [-0.1, -0.05) is 12.1 Å². The summed E-state index contributed by atoms with van der Waals surface area (Å²) < 4.78 is 51.1. The minimum absolute atomic E-state index is 0.0944. The van der Waals surface area contributed by atoms with E-state index in [2.05, 4.69) is 15.3 Å². The van der Waals surface area contributed by atoms with Crippen molar-refractivity contribution >= 4 is 5.91 Å². The van der Waals surface area contributed by atoms with Gasteiger partial charge in [-0.25, -0.2) is 23.1 Å². The number of carbonyl (C=O) groups excluding carboxylic acids is 1. The lowest BCUT2D eigenvalue weighted by Crippen LogP contribution is -2.23. The molecule has 0 aliphatic heterocycles. The largest absolute Gasteiger partial charge is 0.441 e. The van der Waals surface area contributed by atoms with E-state index < -0.39 is 17.5 Å². The third-order valence-electron chi connectivity index (χ3n) is 4.62. The Kier molecular flexibility index (Phi) is 6.68. The van der Waals surface area contributed by atoms with E-state index >= 15 is 0 Å². The highest BCUT2D eigenvalue weighted by Gasteiger charge is 2.13. The van der Waals surface area contributed by atoms with Crippen molar-refractivity contribution in [2.45, 2.75) is 19.4 Å². The first-order valence-electron chi connectivity index (χ1n) is 10.0. The average molecular weight is 453 g/mol. The van der Waals surface area contributed by atoms with E-state index in [0.29, 0.717) is 11.6 Å². The number of hydrogen-bond donors (Lipinski definition) is 1. The second kappa shape index (κ2) is 9.99. The van der Waals surface area contributed by atoms with Gasteiger partial charge in [0.2, 0.25) is 11.8 Å². The van der Waals surface area contributed by atoms with Crippen LogP contribution in [-0.4, -0.2) is 15.9 Å². The molecule has 0 saturated heterocycles. The fourth-order valence-corrected chi connectivity index (χ4v) is 2.98. The molecule has 0 fully saturated rings. The Labute approximate surface area is 187 Å². The van der Waals surface area contributed by atoms with Gasteiger partial charge in [0.25, 0.3) is 0 Å². The number of rotatable bonds is 8. The first-order valence-corrected chi connectivity index (χ1v) is 10.0. The molecule has 168 valence electrons. The number of amides is 1. The van der Waals surface area contributed by atoms with Crippen molar-refractivity contribution < 1.29 is 27.1 Å². The molecule has 0 aliphatic carbocycles. The summed E-state index contributed by atoms with van der Waals surface area (Å²) in [5, 5.41) is 2.76. The number of halogens is 3. The van der Waals surface area contributed by atoms with Gasteiger partial charge in [-0.05, 0) is 29.8 Å². The molecule has 2 heterocycles.